The highest BCUT2D eigenvalue weighted by Gasteiger charge is 2.20. The number of nitrogens with two attached hydrogens (primary N) is 1. The number of hydrazine groups is 1. The number of ether oxygens (including phenoxy) is 1. The van der Waals surface area contributed by atoms with E-state index in [2.05, 4.69) is 10.4 Å². The standard InChI is InChI=1S/C13H16FN3OS/c1-8-7-19-12(16-8)6-10(17-15)13-9(14)4-3-5-11(13)18-2/h3-5,7,10,17H,6,15H2,1-2H3. The van der Waals surface area contributed by atoms with Gasteiger partial charge in [-0.1, -0.05) is 6.07 Å². The molecule has 0 aliphatic carbocycles. The summed E-state index contributed by atoms with van der Waals surface area (Å²) in [4.78, 5) is 4.37. The lowest BCUT2D eigenvalue weighted by Crippen LogP contribution is -2.30. The zero-order valence-electron chi connectivity index (χ0n) is 10.8. The molecule has 0 amide bonds. The van der Waals surface area contributed by atoms with Gasteiger partial charge in [-0.05, 0) is 19.1 Å². The van der Waals surface area contributed by atoms with Crippen LogP contribution in [0.25, 0.3) is 0 Å². The molecule has 1 aromatic carbocycles. The molecule has 2 aromatic rings. The maximum Gasteiger partial charge on any atom is 0.131 e. The van der Waals surface area contributed by atoms with E-state index in [1.807, 2.05) is 12.3 Å². The molecule has 0 saturated heterocycles. The highest BCUT2D eigenvalue weighted by atomic mass is 32.1. The Labute approximate surface area is 115 Å². The third-order valence-electron chi connectivity index (χ3n) is 2.83. The van der Waals surface area contributed by atoms with Gasteiger partial charge >= 0.3 is 0 Å². The van der Waals surface area contributed by atoms with Crippen LogP contribution in [0.5, 0.6) is 5.75 Å². The number of hydrogen-bond acceptors (Lipinski definition) is 5. The highest BCUT2D eigenvalue weighted by molar-refractivity contribution is 7.09. The Hall–Kier alpha value is -1.50. The fourth-order valence-corrected chi connectivity index (χ4v) is 2.77. The number of aryl methyl sites for hydroxylation is 1. The Morgan fingerprint density at radius 1 is 1.53 bits per heavy atom. The molecule has 0 radical (unpaired) electrons. The zero-order valence-corrected chi connectivity index (χ0v) is 11.6. The molecule has 0 fully saturated rings. The number of benzene rings is 1. The van der Waals surface area contributed by atoms with Crippen molar-refractivity contribution in [1.82, 2.24) is 10.4 Å². The van der Waals surface area contributed by atoms with Crippen molar-refractivity contribution in [3.8, 4) is 5.75 Å². The third-order valence-corrected chi connectivity index (χ3v) is 3.82. The minimum atomic E-state index is -0.373. The van der Waals surface area contributed by atoms with Gasteiger partial charge in [-0.15, -0.1) is 11.3 Å². The number of nitrogens with zero attached hydrogens (tertiary/aromatic N) is 1. The lowest BCUT2D eigenvalue weighted by atomic mass is 10.0. The Morgan fingerprint density at radius 2 is 2.32 bits per heavy atom. The highest BCUT2D eigenvalue weighted by Crippen LogP contribution is 2.30. The molecule has 1 unspecified atom stereocenters. The molecule has 0 aliphatic heterocycles. The third kappa shape index (κ3) is 3.09. The van der Waals surface area contributed by atoms with Gasteiger partial charge < -0.3 is 4.74 Å². The Bertz CT molecular complexity index is 559. The number of thiazole rings is 1. The Balaban J connectivity index is 2.31. The number of methoxy groups -OCH3 is 1. The van der Waals surface area contributed by atoms with E-state index in [4.69, 9.17) is 10.6 Å². The number of aromatic nitrogens is 1. The fourth-order valence-electron chi connectivity index (χ4n) is 1.95. The molecule has 1 heterocycles. The molecule has 1 atom stereocenters. The van der Waals surface area contributed by atoms with E-state index in [1.165, 1.54) is 24.5 Å². The summed E-state index contributed by atoms with van der Waals surface area (Å²) >= 11 is 1.54. The minimum Gasteiger partial charge on any atom is -0.496 e. The largest absolute Gasteiger partial charge is 0.496 e. The van der Waals surface area contributed by atoms with E-state index in [1.54, 1.807) is 12.1 Å². The van der Waals surface area contributed by atoms with Crippen molar-refractivity contribution in [2.45, 2.75) is 19.4 Å². The van der Waals surface area contributed by atoms with Crippen LogP contribution in [0, 0.1) is 12.7 Å². The van der Waals surface area contributed by atoms with Crippen LogP contribution in [0.1, 0.15) is 22.3 Å². The Morgan fingerprint density at radius 3 is 2.89 bits per heavy atom. The van der Waals surface area contributed by atoms with Crippen molar-refractivity contribution in [2.24, 2.45) is 5.84 Å². The molecular weight excluding hydrogens is 265 g/mol. The summed E-state index contributed by atoms with van der Waals surface area (Å²) in [5.41, 5.74) is 4.02. The van der Waals surface area contributed by atoms with Crippen LogP contribution in [0.15, 0.2) is 23.6 Å². The fraction of sp³-hybridized carbons (Fsp3) is 0.308. The summed E-state index contributed by atoms with van der Waals surface area (Å²) in [6.07, 6.45) is 0.520. The predicted molar refractivity (Wildman–Crippen MR) is 73.6 cm³/mol. The number of rotatable bonds is 5. The first-order chi connectivity index (χ1) is 9.15. The van der Waals surface area contributed by atoms with Gasteiger partial charge in [0.1, 0.15) is 11.6 Å². The van der Waals surface area contributed by atoms with Crippen molar-refractivity contribution < 1.29 is 9.13 Å². The van der Waals surface area contributed by atoms with Gasteiger partial charge in [-0.3, -0.25) is 11.3 Å². The monoisotopic (exact) mass is 281 g/mol. The van der Waals surface area contributed by atoms with Gasteiger partial charge in [0, 0.05) is 23.1 Å². The molecule has 6 heteroatoms. The molecule has 0 saturated carbocycles. The molecule has 3 N–H and O–H groups in total. The van der Waals surface area contributed by atoms with Crippen LogP contribution >= 0.6 is 11.3 Å². The van der Waals surface area contributed by atoms with Gasteiger partial charge in [0.2, 0.25) is 0 Å². The lowest BCUT2D eigenvalue weighted by Gasteiger charge is -2.18. The van der Waals surface area contributed by atoms with E-state index in [0.717, 1.165) is 10.7 Å². The summed E-state index contributed by atoms with van der Waals surface area (Å²) in [6, 6.07) is 4.35. The molecule has 0 bridgehead atoms. The van der Waals surface area contributed by atoms with Crippen molar-refractivity contribution in [1.29, 1.82) is 0 Å². The molecule has 102 valence electrons. The van der Waals surface area contributed by atoms with Gasteiger partial charge in [-0.2, -0.15) is 0 Å². The van der Waals surface area contributed by atoms with Crippen LogP contribution in [-0.2, 0) is 6.42 Å². The SMILES string of the molecule is COc1cccc(F)c1C(Cc1nc(C)cs1)NN. The maximum absolute atomic E-state index is 14.0. The average Bonchev–Trinajstić information content (AvgIpc) is 2.81. The van der Waals surface area contributed by atoms with Crippen LogP contribution in [0.3, 0.4) is 0 Å². The topological polar surface area (TPSA) is 60.2 Å². The lowest BCUT2D eigenvalue weighted by molar-refractivity contribution is 0.390. The molecule has 19 heavy (non-hydrogen) atoms. The quantitative estimate of drug-likeness (QED) is 0.652. The van der Waals surface area contributed by atoms with Gasteiger partial charge in [0.05, 0.1) is 18.2 Å². The number of nitrogens with one attached hydrogen (secondary N) is 1. The van der Waals surface area contributed by atoms with E-state index in [9.17, 15) is 4.39 Å². The maximum atomic E-state index is 14.0. The van der Waals surface area contributed by atoms with E-state index >= 15 is 0 Å². The molecule has 0 spiro atoms. The Kier molecular flexibility index (Phi) is 4.47. The molecule has 1 aromatic heterocycles. The predicted octanol–water partition coefficient (Wildman–Crippen LogP) is 2.35. The second-order valence-electron chi connectivity index (χ2n) is 4.16. The van der Waals surface area contributed by atoms with Crippen LogP contribution in [-0.4, -0.2) is 12.1 Å². The summed E-state index contributed by atoms with van der Waals surface area (Å²) in [5, 5.41) is 2.87. The van der Waals surface area contributed by atoms with Crippen LogP contribution < -0.4 is 16.0 Å². The normalized spacial score (nSPS) is 12.4. The molecule has 4 nitrogen and oxygen atoms in total. The zero-order chi connectivity index (χ0) is 13.8. The first kappa shape index (κ1) is 13.9. The number of halogens is 1. The smallest absolute Gasteiger partial charge is 0.131 e. The summed E-state index contributed by atoms with van der Waals surface area (Å²) in [7, 11) is 1.51. The second-order valence-corrected chi connectivity index (χ2v) is 5.10. The van der Waals surface area contributed by atoms with Crippen LogP contribution in [0.2, 0.25) is 0 Å². The van der Waals surface area contributed by atoms with Crippen molar-refractivity contribution in [3.63, 3.8) is 0 Å². The second kappa shape index (κ2) is 6.10. The first-order valence-corrected chi connectivity index (χ1v) is 6.73. The average molecular weight is 281 g/mol. The number of hydrogen-bond donors (Lipinski definition) is 2. The van der Waals surface area contributed by atoms with Gasteiger partial charge in [0.15, 0.2) is 0 Å². The summed E-state index contributed by atoms with van der Waals surface area (Å²) in [6.45, 7) is 1.93. The van der Waals surface area contributed by atoms with E-state index in [-0.39, 0.29) is 11.9 Å². The minimum absolute atomic E-state index is 0.337. The van der Waals surface area contributed by atoms with Gasteiger partial charge in [0.25, 0.3) is 0 Å². The summed E-state index contributed by atoms with van der Waals surface area (Å²) in [5.74, 6) is 5.70. The van der Waals surface area contributed by atoms with Crippen LogP contribution in [0.4, 0.5) is 4.39 Å². The van der Waals surface area contributed by atoms with E-state index in [0.29, 0.717) is 17.7 Å². The first-order valence-electron chi connectivity index (χ1n) is 5.85. The van der Waals surface area contributed by atoms with Crippen molar-refractivity contribution >= 4 is 11.3 Å². The molecule has 0 aliphatic rings. The molecule has 2 rings (SSSR count). The van der Waals surface area contributed by atoms with Crippen molar-refractivity contribution in [2.75, 3.05) is 7.11 Å². The van der Waals surface area contributed by atoms with Gasteiger partial charge in [-0.25, -0.2) is 9.37 Å². The molecular formula is C13H16FN3OS. The van der Waals surface area contributed by atoms with E-state index < -0.39 is 0 Å². The van der Waals surface area contributed by atoms with Crippen molar-refractivity contribution in [3.05, 3.63) is 45.7 Å². The summed E-state index contributed by atoms with van der Waals surface area (Å²) < 4.78 is 19.2.